The summed E-state index contributed by atoms with van der Waals surface area (Å²) in [5, 5.41) is 15.0. The molecule has 9 heteroatoms. The summed E-state index contributed by atoms with van der Waals surface area (Å²) in [6, 6.07) is 11.2. The number of nitrogens with zero attached hydrogens (tertiary/aromatic N) is 3. The smallest absolute Gasteiger partial charge is 0.251 e. The van der Waals surface area contributed by atoms with Crippen molar-refractivity contribution in [3.63, 3.8) is 0 Å². The zero-order valence-electron chi connectivity index (χ0n) is 18.7. The molecule has 1 atom stereocenters. The van der Waals surface area contributed by atoms with Crippen LogP contribution in [0.4, 0.5) is 5.69 Å². The number of amides is 2. The molecule has 0 unspecified atom stereocenters. The SMILES string of the molecule is Cc1cccc(C(=O)N[C@@H](C)c2nnc(SCC(=O)Nc3c(C)cc(I)cc3C)n2C)c1. The van der Waals surface area contributed by atoms with Crippen LogP contribution in [0.15, 0.2) is 41.6 Å². The van der Waals surface area contributed by atoms with Gasteiger partial charge in [0.15, 0.2) is 11.0 Å². The van der Waals surface area contributed by atoms with E-state index in [1.807, 2.05) is 65.1 Å². The van der Waals surface area contributed by atoms with Crippen LogP contribution in [0, 0.1) is 24.3 Å². The fraction of sp³-hybridized carbons (Fsp3) is 0.304. The zero-order valence-corrected chi connectivity index (χ0v) is 21.7. The lowest BCUT2D eigenvalue weighted by Gasteiger charge is -2.14. The monoisotopic (exact) mass is 563 g/mol. The van der Waals surface area contributed by atoms with E-state index in [4.69, 9.17) is 0 Å². The van der Waals surface area contributed by atoms with Gasteiger partial charge in [-0.1, -0.05) is 29.5 Å². The van der Waals surface area contributed by atoms with Crippen molar-refractivity contribution in [2.45, 2.75) is 38.9 Å². The first-order valence-electron chi connectivity index (χ1n) is 10.1. The largest absolute Gasteiger partial charge is 0.342 e. The standard InChI is InChI=1S/C23H26IN5O2S/c1-13-7-6-8-17(9-13)22(31)25-16(4)21-27-28-23(29(21)5)32-12-19(30)26-20-14(2)10-18(24)11-15(20)3/h6-11,16H,12H2,1-5H3,(H,25,31)(H,26,30)/t16-/m0/s1. The molecule has 0 fully saturated rings. The third-order valence-corrected chi connectivity index (χ3v) is 6.62. The van der Waals surface area contributed by atoms with Crippen molar-refractivity contribution in [1.82, 2.24) is 20.1 Å². The minimum absolute atomic E-state index is 0.104. The topological polar surface area (TPSA) is 88.9 Å². The van der Waals surface area contributed by atoms with Crippen LogP contribution in [0.5, 0.6) is 0 Å². The number of aromatic nitrogens is 3. The van der Waals surface area contributed by atoms with Gasteiger partial charge < -0.3 is 15.2 Å². The average Bonchev–Trinajstić information content (AvgIpc) is 3.09. The highest BCUT2D eigenvalue weighted by Crippen LogP contribution is 2.24. The molecule has 0 bridgehead atoms. The fourth-order valence-corrected chi connectivity index (χ4v) is 5.03. The predicted molar refractivity (Wildman–Crippen MR) is 136 cm³/mol. The molecule has 0 aliphatic carbocycles. The van der Waals surface area contributed by atoms with E-state index in [0.29, 0.717) is 16.5 Å². The van der Waals surface area contributed by atoms with Gasteiger partial charge in [-0.15, -0.1) is 10.2 Å². The maximum atomic E-state index is 12.5. The highest BCUT2D eigenvalue weighted by atomic mass is 127. The van der Waals surface area contributed by atoms with Crippen molar-refractivity contribution in [3.8, 4) is 0 Å². The van der Waals surface area contributed by atoms with Crippen molar-refractivity contribution in [1.29, 1.82) is 0 Å². The number of nitrogens with one attached hydrogen (secondary N) is 2. The van der Waals surface area contributed by atoms with E-state index in [1.165, 1.54) is 11.8 Å². The molecule has 0 spiro atoms. The number of benzene rings is 2. The first-order valence-corrected chi connectivity index (χ1v) is 12.2. The molecule has 0 aliphatic rings. The maximum Gasteiger partial charge on any atom is 0.251 e. The summed E-state index contributed by atoms with van der Waals surface area (Å²) >= 11 is 3.58. The van der Waals surface area contributed by atoms with Gasteiger partial charge in [0.2, 0.25) is 5.91 Å². The molecule has 0 aliphatic heterocycles. The van der Waals surface area contributed by atoms with Gasteiger partial charge in [0, 0.05) is 21.9 Å². The highest BCUT2D eigenvalue weighted by Gasteiger charge is 2.19. The number of anilines is 1. The van der Waals surface area contributed by atoms with E-state index in [0.717, 1.165) is 25.9 Å². The van der Waals surface area contributed by atoms with Crippen molar-refractivity contribution >= 4 is 51.9 Å². The third kappa shape index (κ3) is 5.89. The lowest BCUT2D eigenvalue weighted by atomic mass is 10.1. The molecule has 2 aromatic carbocycles. The van der Waals surface area contributed by atoms with Gasteiger partial charge >= 0.3 is 0 Å². The van der Waals surface area contributed by atoms with Crippen molar-refractivity contribution in [3.05, 3.63) is 68.0 Å². The summed E-state index contributed by atoms with van der Waals surface area (Å²) in [7, 11) is 1.83. The number of rotatable bonds is 7. The average molecular weight is 563 g/mol. The van der Waals surface area contributed by atoms with Crippen molar-refractivity contribution < 1.29 is 9.59 Å². The van der Waals surface area contributed by atoms with Gasteiger partial charge in [-0.2, -0.15) is 0 Å². The van der Waals surface area contributed by atoms with Crippen LogP contribution in [0.3, 0.4) is 0 Å². The summed E-state index contributed by atoms with van der Waals surface area (Å²) in [6.07, 6.45) is 0. The minimum atomic E-state index is -0.333. The summed E-state index contributed by atoms with van der Waals surface area (Å²) < 4.78 is 2.95. The van der Waals surface area contributed by atoms with Gasteiger partial charge in [0.1, 0.15) is 0 Å². The molecule has 3 rings (SSSR count). The number of thioether (sulfide) groups is 1. The van der Waals surface area contributed by atoms with Crippen LogP contribution in [0.25, 0.3) is 0 Å². The summed E-state index contributed by atoms with van der Waals surface area (Å²) in [5.74, 6) is 0.563. The second-order valence-electron chi connectivity index (χ2n) is 7.72. The van der Waals surface area contributed by atoms with Crippen LogP contribution in [0.2, 0.25) is 0 Å². The number of carbonyl (C=O) groups excluding carboxylic acids is 2. The van der Waals surface area contributed by atoms with E-state index < -0.39 is 0 Å². The molecular formula is C23H26IN5O2S. The van der Waals surface area contributed by atoms with E-state index in [9.17, 15) is 9.59 Å². The van der Waals surface area contributed by atoms with Gasteiger partial charge in [0.25, 0.3) is 5.91 Å². The Morgan fingerprint density at radius 3 is 2.47 bits per heavy atom. The van der Waals surface area contributed by atoms with Gasteiger partial charge in [-0.25, -0.2) is 0 Å². The number of halogens is 1. The Kier molecular flexibility index (Phi) is 7.94. The first kappa shape index (κ1) is 24.2. The van der Waals surface area contributed by atoms with Crippen molar-refractivity contribution in [2.75, 3.05) is 11.1 Å². The number of carbonyl (C=O) groups is 2. The Morgan fingerprint density at radius 2 is 1.81 bits per heavy atom. The van der Waals surface area contributed by atoms with E-state index in [-0.39, 0.29) is 23.6 Å². The van der Waals surface area contributed by atoms with Crippen LogP contribution in [-0.4, -0.2) is 32.3 Å². The molecule has 1 aromatic heterocycles. The maximum absolute atomic E-state index is 12.5. The molecule has 2 N–H and O–H groups in total. The Bertz CT molecular complexity index is 1140. The Hall–Kier alpha value is -2.40. The summed E-state index contributed by atoms with van der Waals surface area (Å²) in [5.41, 5.74) is 4.55. The molecule has 1 heterocycles. The van der Waals surface area contributed by atoms with Crippen LogP contribution in [-0.2, 0) is 11.8 Å². The van der Waals surface area contributed by atoms with Gasteiger partial charge in [-0.3, -0.25) is 9.59 Å². The molecule has 0 saturated carbocycles. The van der Waals surface area contributed by atoms with Gasteiger partial charge in [-0.05, 0) is 85.7 Å². The highest BCUT2D eigenvalue weighted by molar-refractivity contribution is 14.1. The molecule has 0 saturated heterocycles. The Balaban J connectivity index is 1.61. The van der Waals surface area contributed by atoms with E-state index in [1.54, 1.807) is 10.6 Å². The molecule has 0 radical (unpaired) electrons. The first-order chi connectivity index (χ1) is 15.2. The minimum Gasteiger partial charge on any atom is -0.342 e. The summed E-state index contributed by atoms with van der Waals surface area (Å²) in [6.45, 7) is 7.78. The number of hydrogen-bond donors (Lipinski definition) is 2. The molecule has 2 amide bonds. The van der Waals surface area contributed by atoms with E-state index >= 15 is 0 Å². The third-order valence-electron chi connectivity index (χ3n) is 4.98. The second-order valence-corrected chi connectivity index (χ2v) is 9.90. The number of hydrogen-bond acceptors (Lipinski definition) is 5. The molecule has 32 heavy (non-hydrogen) atoms. The van der Waals surface area contributed by atoms with Gasteiger partial charge in [0.05, 0.1) is 11.8 Å². The Morgan fingerprint density at radius 1 is 1.12 bits per heavy atom. The molecule has 168 valence electrons. The van der Waals surface area contributed by atoms with Crippen LogP contribution in [0.1, 0.15) is 45.8 Å². The second kappa shape index (κ2) is 10.5. The molecular weight excluding hydrogens is 537 g/mol. The predicted octanol–water partition coefficient (Wildman–Crippen LogP) is 4.57. The fourth-order valence-electron chi connectivity index (χ4n) is 3.37. The van der Waals surface area contributed by atoms with Crippen LogP contribution < -0.4 is 10.6 Å². The quantitative estimate of drug-likeness (QED) is 0.325. The lowest BCUT2D eigenvalue weighted by molar-refractivity contribution is -0.113. The number of aryl methyl sites for hydroxylation is 3. The lowest BCUT2D eigenvalue weighted by Crippen LogP contribution is -2.28. The Labute approximate surface area is 205 Å². The van der Waals surface area contributed by atoms with Crippen LogP contribution >= 0.6 is 34.4 Å². The normalized spacial score (nSPS) is 11.8. The van der Waals surface area contributed by atoms with Crippen molar-refractivity contribution in [2.24, 2.45) is 7.05 Å². The summed E-state index contributed by atoms with van der Waals surface area (Å²) in [4.78, 5) is 25.0. The van der Waals surface area contributed by atoms with E-state index in [2.05, 4.69) is 43.4 Å². The zero-order chi connectivity index (χ0) is 23.4. The molecule has 3 aromatic rings. The molecule has 7 nitrogen and oxygen atoms in total.